The van der Waals surface area contributed by atoms with Crippen molar-refractivity contribution in [3.8, 4) is 0 Å². The van der Waals surface area contributed by atoms with Gasteiger partial charge in [0.25, 0.3) is 5.91 Å². The Hall–Kier alpha value is -2.57. The second-order valence-corrected chi connectivity index (χ2v) is 4.80. The third kappa shape index (κ3) is 3.25. The summed E-state index contributed by atoms with van der Waals surface area (Å²) in [7, 11) is 1.41. The molecule has 0 spiro atoms. The smallest absolute Gasteiger partial charge is 0.329 e. The number of benzene rings is 1. The molecule has 20 heavy (non-hydrogen) atoms. The molecule has 0 bridgehead atoms. The van der Waals surface area contributed by atoms with Crippen LogP contribution in [-0.4, -0.2) is 40.5 Å². The number of anilines is 1. The van der Waals surface area contributed by atoms with Gasteiger partial charge in [-0.25, -0.2) is 9.59 Å². The third-order valence-electron chi connectivity index (χ3n) is 3.04. The van der Waals surface area contributed by atoms with Crippen LogP contribution in [0.15, 0.2) is 24.3 Å². The Morgan fingerprint density at radius 2 is 1.90 bits per heavy atom. The first kappa shape index (κ1) is 15.5. The van der Waals surface area contributed by atoms with Gasteiger partial charge in [-0.2, -0.15) is 0 Å². The molecule has 0 aliphatic rings. The predicted octanol–water partition coefficient (Wildman–Crippen LogP) is 1.11. The van der Waals surface area contributed by atoms with Gasteiger partial charge in [0.2, 0.25) is 0 Å². The number of urea groups is 1. The fraction of sp³-hybridized carbons (Fsp3) is 0.308. The monoisotopic (exact) mass is 279 g/mol. The Labute approximate surface area is 116 Å². The first-order chi connectivity index (χ1) is 9.16. The summed E-state index contributed by atoms with van der Waals surface area (Å²) in [5.41, 5.74) is 4.28. The number of rotatable bonds is 4. The summed E-state index contributed by atoms with van der Waals surface area (Å²) in [6.07, 6.45) is 0. The number of carboxylic acids is 1. The van der Waals surface area contributed by atoms with Crippen molar-refractivity contribution >= 4 is 23.6 Å². The summed E-state index contributed by atoms with van der Waals surface area (Å²) in [4.78, 5) is 35.3. The van der Waals surface area contributed by atoms with Crippen LogP contribution in [-0.2, 0) is 4.79 Å². The summed E-state index contributed by atoms with van der Waals surface area (Å²) < 4.78 is 0. The van der Waals surface area contributed by atoms with E-state index >= 15 is 0 Å². The number of carbonyl (C=O) groups excluding carboxylic acids is 2. The van der Waals surface area contributed by atoms with Crippen molar-refractivity contribution in [1.29, 1.82) is 0 Å². The number of hydrogen-bond acceptors (Lipinski definition) is 3. The van der Waals surface area contributed by atoms with Gasteiger partial charge in [0, 0.05) is 18.3 Å². The summed E-state index contributed by atoms with van der Waals surface area (Å²) in [6.45, 7) is 2.86. The van der Waals surface area contributed by atoms with E-state index in [4.69, 9.17) is 10.8 Å². The molecule has 4 N–H and O–H groups in total. The number of aliphatic carboxylic acids is 1. The Kier molecular flexibility index (Phi) is 4.34. The second-order valence-electron chi connectivity index (χ2n) is 4.80. The van der Waals surface area contributed by atoms with E-state index in [1.165, 1.54) is 33.0 Å². The van der Waals surface area contributed by atoms with E-state index in [0.29, 0.717) is 5.69 Å². The zero-order chi connectivity index (χ0) is 15.5. The van der Waals surface area contributed by atoms with Crippen LogP contribution in [0.1, 0.15) is 24.2 Å². The number of carbonyl (C=O) groups is 3. The van der Waals surface area contributed by atoms with E-state index in [2.05, 4.69) is 5.32 Å². The van der Waals surface area contributed by atoms with E-state index in [9.17, 15) is 14.4 Å². The first-order valence-electron chi connectivity index (χ1n) is 5.84. The van der Waals surface area contributed by atoms with Crippen molar-refractivity contribution in [1.82, 2.24) is 4.90 Å². The van der Waals surface area contributed by atoms with Gasteiger partial charge >= 0.3 is 12.0 Å². The SMILES string of the molecule is CN(C(=O)c1cccc(NC(N)=O)c1)C(C)(C)C(=O)O. The number of hydrogen-bond donors (Lipinski definition) is 3. The molecular formula is C13H17N3O4. The molecule has 0 heterocycles. The molecule has 0 aliphatic heterocycles. The number of nitrogens with two attached hydrogens (primary N) is 1. The molecule has 0 aliphatic carbocycles. The molecule has 1 aromatic carbocycles. The number of nitrogens with zero attached hydrogens (tertiary/aromatic N) is 1. The summed E-state index contributed by atoms with van der Waals surface area (Å²) in [5, 5.41) is 11.5. The molecule has 0 saturated heterocycles. The topological polar surface area (TPSA) is 113 Å². The van der Waals surface area contributed by atoms with Crippen LogP contribution in [0.5, 0.6) is 0 Å². The number of likely N-dealkylation sites (N-methyl/N-ethyl adjacent to an activating group) is 1. The summed E-state index contributed by atoms with van der Waals surface area (Å²) in [5.74, 6) is -1.58. The van der Waals surface area contributed by atoms with Crippen LogP contribution in [0, 0.1) is 0 Å². The fourth-order valence-electron chi connectivity index (χ4n) is 1.46. The highest BCUT2D eigenvalue weighted by atomic mass is 16.4. The number of amides is 3. The predicted molar refractivity (Wildman–Crippen MR) is 73.5 cm³/mol. The van der Waals surface area contributed by atoms with E-state index in [-0.39, 0.29) is 5.56 Å². The zero-order valence-corrected chi connectivity index (χ0v) is 11.5. The highest BCUT2D eigenvalue weighted by Crippen LogP contribution is 2.18. The highest BCUT2D eigenvalue weighted by molar-refractivity contribution is 5.99. The lowest BCUT2D eigenvalue weighted by atomic mass is 10.0. The standard InChI is InChI=1S/C13H17N3O4/c1-13(2,11(18)19)16(3)10(17)8-5-4-6-9(7-8)15-12(14)20/h4-7H,1-3H3,(H,18,19)(H3,14,15,20). The number of primary amides is 1. The Morgan fingerprint density at radius 3 is 2.40 bits per heavy atom. The highest BCUT2D eigenvalue weighted by Gasteiger charge is 2.35. The average Bonchev–Trinajstić information content (AvgIpc) is 2.36. The summed E-state index contributed by atoms with van der Waals surface area (Å²) >= 11 is 0. The minimum atomic E-state index is -1.34. The molecule has 7 heteroatoms. The van der Waals surface area contributed by atoms with Gasteiger partial charge in [-0.3, -0.25) is 4.79 Å². The first-order valence-corrected chi connectivity index (χ1v) is 5.84. The van der Waals surface area contributed by atoms with E-state index < -0.39 is 23.4 Å². The van der Waals surface area contributed by atoms with Crippen LogP contribution in [0.25, 0.3) is 0 Å². The molecule has 0 unspecified atom stereocenters. The maximum absolute atomic E-state index is 12.3. The van der Waals surface area contributed by atoms with Gasteiger partial charge in [-0.05, 0) is 32.0 Å². The molecule has 0 atom stereocenters. The van der Waals surface area contributed by atoms with Gasteiger partial charge in [0.1, 0.15) is 5.54 Å². The van der Waals surface area contributed by atoms with E-state index in [1.54, 1.807) is 12.1 Å². The zero-order valence-electron chi connectivity index (χ0n) is 11.5. The number of nitrogens with one attached hydrogen (secondary N) is 1. The molecule has 0 saturated carbocycles. The van der Waals surface area contributed by atoms with Gasteiger partial charge < -0.3 is 21.1 Å². The van der Waals surface area contributed by atoms with Crippen LogP contribution in [0.3, 0.4) is 0 Å². The molecule has 0 radical (unpaired) electrons. The molecule has 0 fully saturated rings. The average molecular weight is 279 g/mol. The molecule has 3 amide bonds. The van der Waals surface area contributed by atoms with Crippen molar-refractivity contribution in [2.75, 3.05) is 12.4 Å². The number of carboxylic acid groups (broad SMARTS) is 1. The molecule has 1 rings (SSSR count). The van der Waals surface area contributed by atoms with Crippen molar-refractivity contribution in [3.05, 3.63) is 29.8 Å². The Morgan fingerprint density at radius 1 is 1.30 bits per heavy atom. The normalized spacial score (nSPS) is 10.8. The minimum absolute atomic E-state index is 0.257. The summed E-state index contributed by atoms with van der Waals surface area (Å²) in [6, 6.07) is 5.36. The van der Waals surface area contributed by atoms with Crippen molar-refractivity contribution < 1.29 is 19.5 Å². The van der Waals surface area contributed by atoms with E-state index in [1.807, 2.05) is 0 Å². The van der Waals surface area contributed by atoms with Crippen molar-refractivity contribution in [2.45, 2.75) is 19.4 Å². The molecule has 0 aromatic heterocycles. The van der Waals surface area contributed by atoms with E-state index in [0.717, 1.165) is 4.90 Å². The minimum Gasteiger partial charge on any atom is -0.480 e. The Balaban J connectivity index is 3.03. The largest absolute Gasteiger partial charge is 0.480 e. The van der Waals surface area contributed by atoms with Crippen molar-refractivity contribution in [3.63, 3.8) is 0 Å². The van der Waals surface area contributed by atoms with Gasteiger partial charge in [-0.1, -0.05) is 6.07 Å². The van der Waals surface area contributed by atoms with Crippen molar-refractivity contribution in [2.24, 2.45) is 5.73 Å². The third-order valence-corrected chi connectivity index (χ3v) is 3.04. The molecular weight excluding hydrogens is 262 g/mol. The second kappa shape index (κ2) is 5.60. The lowest BCUT2D eigenvalue weighted by Gasteiger charge is -2.31. The van der Waals surface area contributed by atoms with Crippen LogP contribution in [0.2, 0.25) is 0 Å². The molecule has 1 aromatic rings. The maximum atomic E-state index is 12.3. The lowest BCUT2D eigenvalue weighted by molar-refractivity contribution is -0.147. The molecule has 108 valence electrons. The Bertz CT molecular complexity index is 554. The van der Waals surface area contributed by atoms with Gasteiger partial charge in [0.05, 0.1) is 0 Å². The van der Waals surface area contributed by atoms with Gasteiger partial charge in [-0.15, -0.1) is 0 Å². The van der Waals surface area contributed by atoms with Crippen LogP contribution >= 0.6 is 0 Å². The maximum Gasteiger partial charge on any atom is 0.329 e. The van der Waals surface area contributed by atoms with Crippen LogP contribution < -0.4 is 11.1 Å². The quantitative estimate of drug-likeness (QED) is 0.766. The lowest BCUT2D eigenvalue weighted by Crippen LogP contribution is -2.50. The van der Waals surface area contributed by atoms with Crippen LogP contribution in [0.4, 0.5) is 10.5 Å². The fourth-order valence-corrected chi connectivity index (χ4v) is 1.46. The van der Waals surface area contributed by atoms with Gasteiger partial charge in [0.15, 0.2) is 0 Å². The molecule has 7 nitrogen and oxygen atoms in total.